The summed E-state index contributed by atoms with van der Waals surface area (Å²) in [6.45, 7) is 2.96. The van der Waals surface area contributed by atoms with Gasteiger partial charge < -0.3 is 5.32 Å². The van der Waals surface area contributed by atoms with E-state index in [1.54, 1.807) is 12.4 Å². The second-order valence-electron chi connectivity index (χ2n) is 6.00. The van der Waals surface area contributed by atoms with Gasteiger partial charge in [-0.25, -0.2) is 15.4 Å². The van der Waals surface area contributed by atoms with Gasteiger partial charge in [0.2, 0.25) is 5.95 Å². The summed E-state index contributed by atoms with van der Waals surface area (Å²) in [5, 5.41) is 11.8. The predicted octanol–water partition coefficient (Wildman–Crippen LogP) is 1.68. The molecular formula is C18H21N5O2. The number of aromatic nitrogens is 2. The van der Waals surface area contributed by atoms with Crippen molar-refractivity contribution in [1.82, 2.24) is 20.3 Å². The van der Waals surface area contributed by atoms with E-state index in [0.29, 0.717) is 17.6 Å². The van der Waals surface area contributed by atoms with E-state index in [4.69, 9.17) is 5.21 Å². The standard InChI is InChI=1S/C18H21N5O2/c24-17(22-25)7-6-15-10-19-18(20-11-15)21-16-8-9-23(13-16)12-14-4-2-1-3-5-14/h1-7,10-11,16,25H,8-9,12-13H2,(H,22,24)(H,19,20,21)/b7-6+/t16-/m1/s1. The van der Waals surface area contributed by atoms with Gasteiger partial charge in [-0.15, -0.1) is 0 Å². The first kappa shape index (κ1) is 17.1. The molecule has 1 saturated heterocycles. The van der Waals surface area contributed by atoms with E-state index in [2.05, 4.69) is 44.5 Å². The highest BCUT2D eigenvalue weighted by atomic mass is 16.5. The number of likely N-dealkylation sites (tertiary alicyclic amines) is 1. The zero-order chi connectivity index (χ0) is 17.5. The number of carbonyl (C=O) groups is 1. The van der Waals surface area contributed by atoms with E-state index >= 15 is 0 Å². The number of rotatable bonds is 6. The average molecular weight is 339 g/mol. The molecule has 1 aromatic heterocycles. The fourth-order valence-corrected chi connectivity index (χ4v) is 2.83. The summed E-state index contributed by atoms with van der Waals surface area (Å²) in [5.74, 6) is -0.0121. The number of hydroxylamine groups is 1. The number of amides is 1. The van der Waals surface area contributed by atoms with Crippen LogP contribution in [-0.2, 0) is 11.3 Å². The van der Waals surface area contributed by atoms with Gasteiger partial charge in [-0.1, -0.05) is 30.3 Å². The van der Waals surface area contributed by atoms with Crippen molar-refractivity contribution in [2.75, 3.05) is 18.4 Å². The van der Waals surface area contributed by atoms with Crippen LogP contribution in [0.25, 0.3) is 6.08 Å². The SMILES string of the molecule is O=C(/C=C/c1cnc(N[C@@H]2CCN(Cc3ccccc3)C2)nc1)NO. The summed E-state index contributed by atoms with van der Waals surface area (Å²) < 4.78 is 0. The summed E-state index contributed by atoms with van der Waals surface area (Å²) >= 11 is 0. The molecule has 1 aromatic carbocycles. The summed E-state index contributed by atoms with van der Waals surface area (Å²) in [6, 6.07) is 10.8. The zero-order valence-corrected chi connectivity index (χ0v) is 13.8. The summed E-state index contributed by atoms with van der Waals surface area (Å²) in [6.07, 6.45) is 7.06. The number of hydrogen-bond acceptors (Lipinski definition) is 6. The molecule has 1 aliphatic heterocycles. The number of anilines is 1. The Bertz CT molecular complexity index is 718. The lowest BCUT2D eigenvalue weighted by molar-refractivity contribution is -0.124. The maximum Gasteiger partial charge on any atom is 0.267 e. The third kappa shape index (κ3) is 5.10. The average Bonchev–Trinajstić information content (AvgIpc) is 3.08. The Morgan fingerprint density at radius 1 is 1.28 bits per heavy atom. The molecule has 0 unspecified atom stereocenters. The highest BCUT2D eigenvalue weighted by Crippen LogP contribution is 2.16. The molecule has 3 N–H and O–H groups in total. The van der Waals surface area contributed by atoms with Crippen LogP contribution in [-0.4, -0.2) is 45.1 Å². The molecule has 0 saturated carbocycles. The van der Waals surface area contributed by atoms with Gasteiger partial charge in [0.25, 0.3) is 5.91 Å². The van der Waals surface area contributed by atoms with Gasteiger partial charge >= 0.3 is 0 Å². The molecule has 1 atom stereocenters. The van der Waals surface area contributed by atoms with E-state index in [0.717, 1.165) is 26.1 Å². The second kappa shape index (κ2) is 8.36. The molecule has 2 heterocycles. The first-order valence-corrected chi connectivity index (χ1v) is 8.20. The summed E-state index contributed by atoms with van der Waals surface area (Å²) in [4.78, 5) is 21.9. The number of nitrogens with one attached hydrogen (secondary N) is 2. The molecule has 7 heteroatoms. The van der Waals surface area contributed by atoms with Gasteiger partial charge in [0.15, 0.2) is 0 Å². The van der Waals surface area contributed by atoms with Crippen molar-refractivity contribution in [2.24, 2.45) is 0 Å². The summed E-state index contributed by atoms with van der Waals surface area (Å²) in [5.41, 5.74) is 3.54. The molecule has 7 nitrogen and oxygen atoms in total. The number of hydrogen-bond donors (Lipinski definition) is 3. The van der Waals surface area contributed by atoms with Crippen LogP contribution in [0, 0.1) is 0 Å². The van der Waals surface area contributed by atoms with Crippen molar-refractivity contribution in [2.45, 2.75) is 19.0 Å². The van der Waals surface area contributed by atoms with Crippen molar-refractivity contribution in [1.29, 1.82) is 0 Å². The number of carbonyl (C=O) groups excluding carboxylic acids is 1. The van der Waals surface area contributed by atoms with Gasteiger partial charge in [0.1, 0.15) is 0 Å². The third-order valence-corrected chi connectivity index (χ3v) is 4.06. The Labute approximate surface area is 146 Å². The van der Waals surface area contributed by atoms with E-state index < -0.39 is 5.91 Å². The van der Waals surface area contributed by atoms with Crippen molar-refractivity contribution in [3.05, 3.63) is 59.9 Å². The predicted molar refractivity (Wildman–Crippen MR) is 94.7 cm³/mol. The lowest BCUT2D eigenvalue weighted by atomic mass is 10.2. The minimum Gasteiger partial charge on any atom is -0.350 e. The number of benzene rings is 1. The smallest absolute Gasteiger partial charge is 0.267 e. The fraction of sp³-hybridized carbons (Fsp3) is 0.278. The van der Waals surface area contributed by atoms with Crippen LogP contribution >= 0.6 is 0 Å². The quantitative estimate of drug-likeness (QED) is 0.421. The van der Waals surface area contributed by atoms with Gasteiger partial charge in [-0.2, -0.15) is 0 Å². The number of nitrogens with zero attached hydrogens (tertiary/aromatic N) is 3. The van der Waals surface area contributed by atoms with E-state index in [1.807, 2.05) is 6.07 Å². The Hall–Kier alpha value is -2.77. The van der Waals surface area contributed by atoms with Gasteiger partial charge in [0.05, 0.1) is 0 Å². The summed E-state index contributed by atoms with van der Waals surface area (Å²) in [7, 11) is 0. The minimum atomic E-state index is -0.591. The molecule has 0 radical (unpaired) electrons. The van der Waals surface area contributed by atoms with Crippen LogP contribution in [0.2, 0.25) is 0 Å². The van der Waals surface area contributed by atoms with E-state index in [1.165, 1.54) is 23.2 Å². The topological polar surface area (TPSA) is 90.4 Å². The van der Waals surface area contributed by atoms with E-state index in [9.17, 15) is 4.79 Å². The molecule has 1 fully saturated rings. The second-order valence-corrected chi connectivity index (χ2v) is 6.00. The maximum atomic E-state index is 10.9. The monoisotopic (exact) mass is 339 g/mol. The molecule has 3 rings (SSSR count). The highest BCUT2D eigenvalue weighted by Gasteiger charge is 2.22. The lowest BCUT2D eigenvalue weighted by Crippen LogP contribution is -2.26. The Kier molecular flexibility index (Phi) is 5.71. The molecule has 0 bridgehead atoms. The molecule has 0 aliphatic carbocycles. The van der Waals surface area contributed by atoms with Crippen molar-refractivity contribution >= 4 is 17.9 Å². The molecule has 130 valence electrons. The van der Waals surface area contributed by atoms with Gasteiger partial charge in [-0.05, 0) is 18.1 Å². The molecule has 25 heavy (non-hydrogen) atoms. The molecule has 1 amide bonds. The highest BCUT2D eigenvalue weighted by molar-refractivity contribution is 5.90. The van der Waals surface area contributed by atoms with Crippen LogP contribution in [0.5, 0.6) is 0 Å². The van der Waals surface area contributed by atoms with Crippen LogP contribution in [0.4, 0.5) is 5.95 Å². The van der Waals surface area contributed by atoms with Crippen LogP contribution in [0.1, 0.15) is 17.5 Å². The maximum absolute atomic E-state index is 10.9. The molecular weight excluding hydrogens is 318 g/mol. The first-order valence-electron chi connectivity index (χ1n) is 8.20. The normalized spacial score (nSPS) is 17.7. The Balaban J connectivity index is 1.50. The Morgan fingerprint density at radius 3 is 2.76 bits per heavy atom. The first-order chi connectivity index (χ1) is 12.2. The van der Waals surface area contributed by atoms with Gasteiger partial charge in [-0.3, -0.25) is 14.9 Å². The van der Waals surface area contributed by atoms with Crippen LogP contribution in [0.15, 0.2) is 48.8 Å². The van der Waals surface area contributed by atoms with Gasteiger partial charge in [0, 0.05) is 49.7 Å². The molecule has 0 spiro atoms. The zero-order valence-electron chi connectivity index (χ0n) is 13.8. The van der Waals surface area contributed by atoms with Crippen molar-refractivity contribution in [3.8, 4) is 0 Å². The Morgan fingerprint density at radius 2 is 2.04 bits per heavy atom. The van der Waals surface area contributed by atoms with Crippen molar-refractivity contribution < 1.29 is 10.0 Å². The lowest BCUT2D eigenvalue weighted by Gasteiger charge is -2.16. The third-order valence-electron chi connectivity index (χ3n) is 4.06. The van der Waals surface area contributed by atoms with Crippen molar-refractivity contribution in [3.63, 3.8) is 0 Å². The molecule has 2 aromatic rings. The van der Waals surface area contributed by atoms with Crippen LogP contribution in [0.3, 0.4) is 0 Å². The van der Waals surface area contributed by atoms with E-state index in [-0.39, 0.29) is 0 Å². The fourth-order valence-electron chi connectivity index (χ4n) is 2.83. The van der Waals surface area contributed by atoms with Crippen LogP contribution < -0.4 is 10.8 Å². The minimum absolute atomic E-state index is 0.324. The molecule has 1 aliphatic rings. The largest absolute Gasteiger partial charge is 0.350 e.